The SMILES string of the molecule is CC/C=C\CCC1CC1C=O. The van der Waals surface area contributed by atoms with Crippen LogP contribution in [0.1, 0.15) is 32.6 Å². The number of hydrogen-bond acceptors (Lipinski definition) is 1. The van der Waals surface area contributed by atoms with Crippen molar-refractivity contribution in [3.05, 3.63) is 12.2 Å². The summed E-state index contributed by atoms with van der Waals surface area (Å²) in [5.74, 6) is 1.12. The van der Waals surface area contributed by atoms with Crippen LogP contribution in [0.15, 0.2) is 12.2 Å². The van der Waals surface area contributed by atoms with Gasteiger partial charge in [0.15, 0.2) is 0 Å². The van der Waals surface area contributed by atoms with Gasteiger partial charge >= 0.3 is 0 Å². The lowest BCUT2D eigenvalue weighted by atomic mass is 10.2. The Morgan fingerprint density at radius 3 is 2.82 bits per heavy atom. The van der Waals surface area contributed by atoms with E-state index in [1.807, 2.05) is 0 Å². The lowest BCUT2D eigenvalue weighted by Gasteiger charge is -1.89. The first-order chi connectivity index (χ1) is 5.38. The molecular formula is C10H16O. The molecule has 0 saturated heterocycles. The molecular weight excluding hydrogens is 136 g/mol. The summed E-state index contributed by atoms with van der Waals surface area (Å²) in [6.45, 7) is 2.14. The van der Waals surface area contributed by atoms with Crippen LogP contribution in [0.2, 0.25) is 0 Å². The van der Waals surface area contributed by atoms with Crippen molar-refractivity contribution in [3.8, 4) is 0 Å². The summed E-state index contributed by atoms with van der Waals surface area (Å²) in [5, 5.41) is 0. The van der Waals surface area contributed by atoms with Crippen molar-refractivity contribution in [3.63, 3.8) is 0 Å². The van der Waals surface area contributed by atoms with E-state index in [2.05, 4.69) is 19.1 Å². The Bertz CT molecular complexity index is 149. The summed E-state index contributed by atoms with van der Waals surface area (Å²) in [6.07, 6.45) is 10.2. The molecule has 0 N–H and O–H groups in total. The average Bonchev–Trinajstić information content (AvgIpc) is 2.77. The minimum atomic E-state index is 0.407. The van der Waals surface area contributed by atoms with E-state index in [1.165, 1.54) is 6.42 Å². The molecule has 0 aromatic heterocycles. The lowest BCUT2D eigenvalue weighted by molar-refractivity contribution is -0.109. The number of rotatable bonds is 5. The van der Waals surface area contributed by atoms with Gasteiger partial charge in [-0.2, -0.15) is 0 Å². The zero-order valence-corrected chi connectivity index (χ0v) is 7.12. The van der Waals surface area contributed by atoms with Gasteiger partial charge in [0.05, 0.1) is 0 Å². The van der Waals surface area contributed by atoms with Gasteiger partial charge in [-0.3, -0.25) is 0 Å². The Kier molecular flexibility index (Phi) is 3.34. The second kappa shape index (κ2) is 4.32. The number of carbonyl (C=O) groups excluding carboxylic acids is 1. The summed E-state index contributed by atoms with van der Waals surface area (Å²) in [6, 6.07) is 0. The molecule has 2 unspecified atom stereocenters. The van der Waals surface area contributed by atoms with E-state index < -0.39 is 0 Å². The van der Waals surface area contributed by atoms with Crippen molar-refractivity contribution in [1.82, 2.24) is 0 Å². The fraction of sp³-hybridized carbons (Fsp3) is 0.700. The minimum absolute atomic E-state index is 0.407. The lowest BCUT2D eigenvalue weighted by Crippen LogP contribution is -1.82. The van der Waals surface area contributed by atoms with E-state index in [4.69, 9.17) is 0 Å². The summed E-state index contributed by atoms with van der Waals surface area (Å²) in [7, 11) is 0. The third kappa shape index (κ3) is 2.87. The third-order valence-corrected chi connectivity index (χ3v) is 2.26. The molecule has 2 atom stereocenters. The first-order valence-electron chi connectivity index (χ1n) is 4.48. The molecule has 1 nitrogen and oxygen atoms in total. The highest BCUT2D eigenvalue weighted by Gasteiger charge is 2.35. The third-order valence-electron chi connectivity index (χ3n) is 2.26. The fourth-order valence-corrected chi connectivity index (χ4v) is 1.36. The maximum absolute atomic E-state index is 10.2. The fourth-order valence-electron chi connectivity index (χ4n) is 1.36. The van der Waals surface area contributed by atoms with Crippen molar-refractivity contribution in [2.75, 3.05) is 0 Å². The molecule has 0 amide bonds. The highest BCUT2D eigenvalue weighted by Crippen LogP contribution is 2.40. The standard InChI is InChI=1S/C10H16O/c1-2-3-4-5-6-9-7-10(9)8-11/h3-4,8-10H,2,5-7H2,1H3/b4-3-. The Morgan fingerprint density at radius 2 is 2.27 bits per heavy atom. The van der Waals surface area contributed by atoms with E-state index in [1.54, 1.807) is 0 Å². The molecule has 62 valence electrons. The van der Waals surface area contributed by atoms with Gasteiger partial charge in [0.1, 0.15) is 6.29 Å². The van der Waals surface area contributed by atoms with Crippen molar-refractivity contribution in [2.45, 2.75) is 32.6 Å². The van der Waals surface area contributed by atoms with Crippen LogP contribution in [0.5, 0.6) is 0 Å². The summed E-state index contributed by atoms with van der Waals surface area (Å²) >= 11 is 0. The van der Waals surface area contributed by atoms with Crippen LogP contribution < -0.4 is 0 Å². The molecule has 0 heterocycles. The number of carbonyl (C=O) groups is 1. The molecule has 0 bridgehead atoms. The molecule has 1 aliphatic carbocycles. The van der Waals surface area contributed by atoms with Crippen LogP contribution >= 0.6 is 0 Å². The van der Waals surface area contributed by atoms with Crippen LogP contribution in [0.3, 0.4) is 0 Å². The van der Waals surface area contributed by atoms with Crippen molar-refractivity contribution in [1.29, 1.82) is 0 Å². The van der Waals surface area contributed by atoms with Crippen LogP contribution in [0, 0.1) is 11.8 Å². The molecule has 0 aromatic carbocycles. The second-order valence-corrected chi connectivity index (χ2v) is 3.25. The average molecular weight is 152 g/mol. The molecule has 1 heteroatoms. The molecule has 0 aromatic rings. The first kappa shape index (κ1) is 8.51. The van der Waals surface area contributed by atoms with Gasteiger partial charge in [0.2, 0.25) is 0 Å². The Morgan fingerprint density at radius 1 is 1.45 bits per heavy atom. The molecule has 0 spiro atoms. The van der Waals surface area contributed by atoms with Crippen molar-refractivity contribution < 1.29 is 4.79 Å². The predicted molar refractivity (Wildman–Crippen MR) is 46.3 cm³/mol. The quantitative estimate of drug-likeness (QED) is 0.437. The second-order valence-electron chi connectivity index (χ2n) is 3.25. The Hall–Kier alpha value is -0.590. The zero-order chi connectivity index (χ0) is 8.10. The molecule has 0 radical (unpaired) electrons. The molecule has 1 aliphatic rings. The molecule has 0 aliphatic heterocycles. The van der Waals surface area contributed by atoms with E-state index in [0.29, 0.717) is 11.8 Å². The van der Waals surface area contributed by atoms with E-state index in [9.17, 15) is 4.79 Å². The molecule has 1 rings (SSSR count). The number of hydrogen-bond donors (Lipinski definition) is 0. The normalized spacial score (nSPS) is 29.2. The van der Waals surface area contributed by atoms with Crippen molar-refractivity contribution >= 4 is 6.29 Å². The van der Waals surface area contributed by atoms with E-state index >= 15 is 0 Å². The van der Waals surface area contributed by atoms with Gasteiger partial charge in [-0.25, -0.2) is 0 Å². The van der Waals surface area contributed by atoms with Crippen molar-refractivity contribution in [2.24, 2.45) is 11.8 Å². The highest BCUT2D eigenvalue weighted by atomic mass is 16.1. The maximum Gasteiger partial charge on any atom is 0.123 e. The zero-order valence-electron chi connectivity index (χ0n) is 7.12. The van der Waals surface area contributed by atoms with Gasteiger partial charge in [-0.1, -0.05) is 19.1 Å². The van der Waals surface area contributed by atoms with Crippen LogP contribution in [-0.2, 0) is 4.79 Å². The number of allylic oxidation sites excluding steroid dienone is 2. The van der Waals surface area contributed by atoms with Crippen LogP contribution in [0.25, 0.3) is 0 Å². The smallest absolute Gasteiger partial charge is 0.123 e. The van der Waals surface area contributed by atoms with Gasteiger partial charge in [-0.15, -0.1) is 0 Å². The van der Waals surface area contributed by atoms with E-state index in [0.717, 1.165) is 25.5 Å². The largest absolute Gasteiger partial charge is 0.303 e. The monoisotopic (exact) mass is 152 g/mol. The highest BCUT2D eigenvalue weighted by molar-refractivity contribution is 5.58. The van der Waals surface area contributed by atoms with Gasteiger partial charge < -0.3 is 4.79 Å². The van der Waals surface area contributed by atoms with Crippen LogP contribution in [0.4, 0.5) is 0 Å². The van der Waals surface area contributed by atoms with Gasteiger partial charge in [0.25, 0.3) is 0 Å². The summed E-state index contributed by atoms with van der Waals surface area (Å²) in [5.41, 5.74) is 0. The summed E-state index contributed by atoms with van der Waals surface area (Å²) in [4.78, 5) is 10.2. The van der Waals surface area contributed by atoms with Crippen LogP contribution in [-0.4, -0.2) is 6.29 Å². The topological polar surface area (TPSA) is 17.1 Å². The predicted octanol–water partition coefficient (Wildman–Crippen LogP) is 2.57. The first-order valence-corrected chi connectivity index (χ1v) is 4.48. The number of aldehydes is 1. The summed E-state index contributed by atoms with van der Waals surface area (Å²) < 4.78 is 0. The minimum Gasteiger partial charge on any atom is -0.303 e. The molecule has 1 fully saturated rings. The van der Waals surface area contributed by atoms with Gasteiger partial charge in [0, 0.05) is 5.92 Å². The van der Waals surface area contributed by atoms with Gasteiger partial charge in [-0.05, 0) is 31.6 Å². The molecule has 11 heavy (non-hydrogen) atoms. The van der Waals surface area contributed by atoms with E-state index in [-0.39, 0.29) is 0 Å². The molecule has 1 saturated carbocycles. The Balaban J connectivity index is 1.97. The Labute approximate surface area is 68.5 Å². The maximum atomic E-state index is 10.2.